The SMILES string of the molecule is CC1(C)O[C@H]2[C@H](O)[C@](O)(CO)NC(=O)[C@@]2([Si](C)(C)C(C)(C)C)O1. The Morgan fingerprint density at radius 1 is 1.30 bits per heavy atom. The van der Waals surface area contributed by atoms with E-state index in [1.54, 1.807) is 13.8 Å². The Balaban J connectivity index is 2.66. The van der Waals surface area contributed by atoms with Crippen LogP contribution in [0.15, 0.2) is 0 Å². The molecular formula is C15H29NO6Si. The molecule has 23 heavy (non-hydrogen) atoms. The van der Waals surface area contributed by atoms with Crippen LogP contribution in [0.1, 0.15) is 34.6 Å². The molecule has 0 aromatic heterocycles. The lowest BCUT2D eigenvalue weighted by atomic mass is 9.92. The van der Waals surface area contributed by atoms with Crippen LogP contribution in [0.25, 0.3) is 0 Å². The smallest absolute Gasteiger partial charge is 0.253 e. The second kappa shape index (κ2) is 5.00. The van der Waals surface area contributed by atoms with Crippen LogP contribution in [0.3, 0.4) is 0 Å². The number of hydrogen-bond acceptors (Lipinski definition) is 6. The van der Waals surface area contributed by atoms with Crippen molar-refractivity contribution >= 4 is 14.0 Å². The van der Waals surface area contributed by atoms with Crippen LogP contribution in [-0.4, -0.2) is 64.9 Å². The van der Waals surface area contributed by atoms with Crippen LogP contribution in [0.4, 0.5) is 0 Å². The lowest BCUT2D eigenvalue weighted by molar-refractivity contribution is -0.203. The van der Waals surface area contributed by atoms with Crippen LogP contribution in [-0.2, 0) is 14.3 Å². The van der Waals surface area contributed by atoms with Crippen molar-refractivity contribution in [3.05, 3.63) is 0 Å². The third kappa shape index (κ3) is 2.39. The summed E-state index contributed by atoms with van der Waals surface area (Å²) in [6, 6.07) is 0. The predicted octanol–water partition coefficient (Wildman–Crippen LogP) is 0.0960. The molecule has 0 radical (unpaired) electrons. The minimum absolute atomic E-state index is 0.235. The van der Waals surface area contributed by atoms with Gasteiger partial charge in [-0.3, -0.25) is 4.79 Å². The van der Waals surface area contributed by atoms with Crippen molar-refractivity contribution in [3.63, 3.8) is 0 Å². The van der Waals surface area contributed by atoms with Crippen molar-refractivity contribution in [1.82, 2.24) is 5.32 Å². The fourth-order valence-corrected chi connectivity index (χ4v) is 6.57. The molecule has 1 amide bonds. The van der Waals surface area contributed by atoms with Gasteiger partial charge in [-0.2, -0.15) is 0 Å². The Labute approximate surface area is 138 Å². The fraction of sp³-hybridized carbons (Fsp3) is 0.933. The van der Waals surface area contributed by atoms with Gasteiger partial charge in [-0.1, -0.05) is 33.9 Å². The molecule has 0 spiro atoms. The largest absolute Gasteiger partial charge is 0.391 e. The van der Waals surface area contributed by atoms with E-state index in [2.05, 4.69) is 5.32 Å². The molecule has 0 saturated carbocycles. The number of piperidine rings is 1. The number of carbonyl (C=O) groups excluding carboxylic acids is 1. The number of fused-ring (bicyclic) bond motifs is 1. The molecule has 8 heteroatoms. The molecule has 2 rings (SSSR count). The van der Waals surface area contributed by atoms with E-state index in [4.69, 9.17) is 9.47 Å². The van der Waals surface area contributed by atoms with E-state index in [-0.39, 0.29) is 5.04 Å². The number of carbonyl (C=O) groups is 1. The van der Waals surface area contributed by atoms with E-state index < -0.39 is 49.5 Å². The number of amides is 1. The number of nitrogens with one attached hydrogen (secondary N) is 1. The Kier molecular flexibility index (Phi) is 4.09. The van der Waals surface area contributed by atoms with Crippen LogP contribution in [0, 0.1) is 0 Å². The number of ether oxygens (including phenoxy) is 2. The highest BCUT2D eigenvalue weighted by Crippen LogP contribution is 2.54. The second-order valence-electron chi connectivity index (χ2n) is 8.63. The summed E-state index contributed by atoms with van der Waals surface area (Å²) >= 11 is 0. The third-order valence-corrected chi connectivity index (χ3v) is 11.9. The number of rotatable bonds is 2. The van der Waals surface area contributed by atoms with Crippen LogP contribution in [0.2, 0.25) is 18.1 Å². The normalized spacial score (nSPS) is 40.7. The molecule has 0 bridgehead atoms. The first-order valence-corrected chi connectivity index (χ1v) is 10.9. The number of aliphatic hydroxyl groups is 3. The molecule has 7 nitrogen and oxygen atoms in total. The van der Waals surface area contributed by atoms with Gasteiger partial charge in [0.05, 0.1) is 6.61 Å². The van der Waals surface area contributed by atoms with Gasteiger partial charge >= 0.3 is 0 Å². The van der Waals surface area contributed by atoms with Crippen LogP contribution in [0.5, 0.6) is 0 Å². The molecule has 2 fully saturated rings. The topological polar surface area (TPSA) is 108 Å². The molecule has 134 valence electrons. The summed E-state index contributed by atoms with van der Waals surface area (Å²) in [5.41, 5.74) is -2.14. The van der Waals surface area contributed by atoms with Gasteiger partial charge in [0.15, 0.2) is 16.7 Å². The Bertz CT molecular complexity index is 517. The maximum absolute atomic E-state index is 13.0. The molecule has 2 heterocycles. The molecule has 4 N–H and O–H groups in total. The first kappa shape index (κ1) is 18.8. The van der Waals surface area contributed by atoms with Crippen molar-refractivity contribution in [1.29, 1.82) is 0 Å². The van der Waals surface area contributed by atoms with E-state index >= 15 is 0 Å². The molecule has 4 atom stereocenters. The highest BCUT2D eigenvalue weighted by Gasteiger charge is 2.75. The predicted molar refractivity (Wildman–Crippen MR) is 86.2 cm³/mol. The fourth-order valence-electron chi connectivity index (χ4n) is 3.39. The standard InChI is InChI=1S/C15H29NO6Si/c1-12(2,3)23(6,7)15-10(21-13(4,5)22-15)9(18)14(20,8-17)16-11(15)19/h9-10,17-18,20H,8H2,1-7H3,(H,16,19)/t9-,10-,14+,15+/m0/s1. The minimum Gasteiger partial charge on any atom is -0.391 e. The molecule has 0 aliphatic carbocycles. The summed E-state index contributed by atoms with van der Waals surface area (Å²) in [5.74, 6) is -1.62. The molecular weight excluding hydrogens is 318 g/mol. The lowest BCUT2D eigenvalue weighted by Gasteiger charge is -2.55. The maximum atomic E-state index is 13.0. The Morgan fingerprint density at radius 3 is 2.26 bits per heavy atom. The monoisotopic (exact) mass is 347 g/mol. The summed E-state index contributed by atoms with van der Waals surface area (Å²) in [6.45, 7) is 12.7. The van der Waals surface area contributed by atoms with Gasteiger partial charge in [0.25, 0.3) is 5.91 Å². The number of aliphatic hydroxyl groups excluding tert-OH is 2. The van der Waals surface area contributed by atoms with Crippen molar-refractivity contribution in [2.24, 2.45) is 0 Å². The summed E-state index contributed by atoms with van der Waals surface area (Å²) in [5, 5.41) is 31.2. The Morgan fingerprint density at radius 2 is 1.83 bits per heavy atom. The maximum Gasteiger partial charge on any atom is 0.253 e. The summed E-state index contributed by atoms with van der Waals surface area (Å²) < 4.78 is 12.0. The highest BCUT2D eigenvalue weighted by molar-refractivity contribution is 6.86. The number of hydrogen-bond donors (Lipinski definition) is 4. The van der Waals surface area contributed by atoms with Gasteiger partial charge in [0.2, 0.25) is 0 Å². The minimum atomic E-state index is -2.54. The summed E-state index contributed by atoms with van der Waals surface area (Å²) in [6.07, 6.45) is -2.55. The van der Waals surface area contributed by atoms with E-state index in [9.17, 15) is 20.1 Å². The summed E-state index contributed by atoms with van der Waals surface area (Å²) in [4.78, 5) is 13.0. The molecule has 2 aliphatic rings. The van der Waals surface area contributed by atoms with Crippen molar-refractivity contribution in [2.45, 2.75) is 81.7 Å². The lowest BCUT2D eigenvalue weighted by Crippen LogP contribution is -2.82. The molecule has 2 aliphatic heterocycles. The highest BCUT2D eigenvalue weighted by atomic mass is 28.3. The summed E-state index contributed by atoms with van der Waals surface area (Å²) in [7, 11) is -2.54. The molecule has 0 unspecified atom stereocenters. The Hall–Kier alpha value is -0.513. The molecule has 0 aromatic rings. The van der Waals surface area contributed by atoms with Gasteiger partial charge in [0.1, 0.15) is 20.3 Å². The van der Waals surface area contributed by atoms with Gasteiger partial charge in [-0.05, 0) is 18.9 Å². The van der Waals surface area contributed by atoms with Gasteiger partial charge < -0.3 is 30.1 Å². The average molecular weight is 347 g/mol. The van der Waals surface area contributed by atoms with E-state index in [1.165, 1.54) is 0 Å². The third-order valence-electron chi connectivity index (χ3n) is 5.71. The zero-order chi connectivity index (χ0) is 18.1. The van der Waals surface area contributed by atoms with E-state index in [1.807, 2.05) is 33.9 Å². The van der Waals surface area contributed by atoms with Crippen molar-refractivity contribution in [2.75, 3.05) is 6.61 Å². The van der Waals surface area contributed by atoms with E-state index in [0.29, 0.717) is 0 Å². The zero-order valence-electron chi connectivity index (χ0n) is 14.9. The quantitative estimate of drug-likeness (QED) is 0.528. The van der Waals surface area contributed by atoms with Crippen molar-refractivity contribution < 1.29 is 29.6 Å². The van der Waals surface area contributed by atoms with Gasteiger partial charge in [-0.25, -0.2) is 0 Å². The first-order chi connectivity index (χ1) is 10.1. The first-order valence-electron chi connectivity index (χ1n) is 7.86. The zero-order valence-corrected chi connectivity index (χ0v) is 15.9. The van der Waals surface area contributed by atoms with Gasteiger partial charge in [0, 0.05) is 0 Å². The van der Waals surface area contributed by atoms with Crippen LogP contribution >= 0.6 is 0 Å². The van der Waals surface area contributed by atoms with E-state index in [0.717, 1.165) is 0 Å². The second-order valence-corrected chi connectivity index (χ2v) is 14.1. The average Bonchev–Trinajstić information content (AvgIpc) is 2.69. The molecule has 0 aromatic carbocycles. The van der Waals surface area contributed by atoms with Gasteiger partial charge in [-0.15, -0.1) is 0 Å². The van der Waals surface area contributed by atoms with Crippen LogP contribution < -0.4 is 5.32 Å². The molecule has 2 saturated heterocycles. The van der Waals surface area contributed by atoms with Crippen molar-refractivity contribution in [3.8, 4) is 0 Å².